The molecule has 0 spiro atoms. The predicted octanol–water partition coefficient (Wildman–Crippen LogP) is 1.75. The number of carbonyl (C=O) groups is 2. The van der Waals surface area contributed by atoms with Gasteiger partial charge in [0.05, 0.1) is 17.7 Å². The molecule has 2 aromatic rings. The van der Waals surface area contributed by atoms with Gasteiger partial charge >= 0.3 is 0 Å². The summed E-state index contributed by atoms with van der Waals surface area (Å²) in [6.45, 7) is 0.142. The lowest BCUT2D eigenvalue weighted by atomic mass is 10.1. The van der Waals surface area contributed by atoms with Gasteiger partial charge in [0.15, 0.2) is 0 Å². The third-order valence-corrected chi connectivity index (χ3v) is 3.16. The van der Waals surface area contributed by atoms with Gasteiger partial charge in [-0.1, -0.05) is 12.1 Å². The molecular weight excluding hydrogens is 254 g/mol. The fourth-order valence-electron chi connectivity index (χ4n) is 2.20. The molecule has 0 N–H and O–H groups in total. The third-order valence-electron chi connectivity index (χ3n) is 3.16. The van der Waals surface area contributed by atoms with Crippen molar-refractivity contribution in [3.8, 4) is 6.07 Å². The number of amides is 2. The normalized spacial score (nSPS) is 13.2. The van der Waals surface area contributed by atoms with Crippen molar-refractivity contribution >= 4 is 11.8 Å². The van der Waals surface area contributed by atoms with Crippen LogP contribution in [0.3, 0.4) is 0 Å². The number of carbonyl (C=O) groups excluding carboxylic acids is 2. The van der Waals surface area contributed by atoms with Gasteiger partial charge in [0.25, 0.3) is 11.8 Å². The Morgan fingerprint density at radius 1 is 1.10 bits per heavy atom. The number of rotatable bonds is 2. The standard InChI is InChI=1S/C15H9N3O2/c16-8-11-7-10(5-6-17-11)9-18-14(19)12-3-1-2-4-13(12)15(18)20/h1-7H,9H2. The number of nitrogens with zero attached hydrogens (tertiary/aromatic N) is 3. The summed E-state index contributed by atoms with van der Waals surface area (Å²) in [5, 5.41) is 8.81. The van der Waals surface area contributed by atoms with Crippen molar-refractivity contribution in [1.82, 2.24) is 9.88 Å². The van der Waals surface area contributed by atoms with Gasteiger partial charge in [-0.05, 0) is 29.8 Å². The molecule has 0 unspecified atom stereocenters. The second-order valence-electron chi connectivity index (χ2n) is 4.40. The Hall–Kier alpha value is -3.00. The first-order valence-corrected chi connectivity index (χ1v) is 6.01. The van der Waals surface area contributed by atoms with E-state index in [9.17, 15) is 9.59 Å². The second-order valence-corrected chi connectivity index (χ2v) is 4.40. The van der Waals surface area contributed by atoms with Gasteiger partial charge in [-0.25, -0.2) is 4.98 Å². The molecule has 96 valence electrons. The highest BCUT2D eigenvalue weighted by Crippen LogP contribution is 2.24. The van der Waals surface area contributed by atoms with E-state index in [-0.39, 0.29) is 24.1 Å². The first-order chi connectivity index (χ1) is 9.70. The minimum atomic E-state index is -0.305. The van der Waals surface area contributed by atoms with Crippen LogP contribution in [0.5, 0.6) is 0 Å². The van der Waals surface area contributed by atoms with Crippen LogP contribution < -0.4 is 0 Å². The van der Waals surface area contributed by atoms with Crippen molar-refractivity contribution in [1.29, 1.82) is 5.26 Å². The Kier molecular flexibility index (Phi) is 2.77. The molecule has 1 aromatic heterocycles. The minimum absolute atomic E-state index is 0.142. The van der Waals surface area contributed by atoms with Crippen LogP contribution in [0, 0.1) is 11.3 Å². The number of benzene rings is 1. The zero-order valence-corrected chi connectivity index (χ0v) is 10.4. The number of hydrogen-bond donors (Lipinski definition) is 0. The molecule has 0 fully saturated rings. The largest absolute Gasteiger partial charge is 0.270 e. The molecule has 0 saturated heterocycles. The summed E-state index contributed by atoms with van der Waals surface area (Å²) in [5.74, 6) is -0.609. The van der Waals surface area contributed by atoms with E-state index in [2.05, 4.69) is 4.98 Å². The van der Waals surface area contributed by atoms with Crippen molar-refractivity contribution in [2.24, 2.45) is 0 Å². The molecule has 20 heavy (non-hydrogen) atoms. The maximum atomic E-state index is 12.2. The number of aromatic nitrogens is 1. The topological polar surface area (TPSA) is 74.1 Å². The Morgan fingerprint density at radius 3 is 2.35 bits per heavy atom. The quantitative estimate of drug-likeness (QED) is 0.773. The molecular formula is C15H9N3O2. The lowest BCUT2D eigenvalue weighted by Crippen LogP contribution is -2.29. The zero-order chi connectivity index (χ0) is 14.1. The van der Waals surface area contributed by atoms with E-state index >= 15 is 0 Å². The molecule has 0 atom stereocenters. The SMILES string of the molecule is N#Cc1cc(CN2C(=O)c3ccccc3C2=O)ccn1. The maximum absolute atomic E-state index is 12.2. The fraction of sp³-hybridized carbons (Fsp3) is 0.0667. The van der Waals surface area contributed by atoms with E-state index in [0.29, 0.717) is 16.7 Å². The zero-order valence-electron chi connectivity index (χ0n) is 10.4. The van der Waals surface area contributed by atoms with Crippen LogP contribution in [0.2, 0.25) is 0 Å². The first-order valence-electron chi connectivity index (χ1n) is 6.01. The Balaban J connectivity index is 1.92. The van der Waals surface area contributed by atoms with Gasteiger partial charge in [0, 0.05) is 6.20 Å². The maximum Gasteiger partial charge on any atom is 0.261 e. The minimum Gasteiger partial charge on any atom is -0.270 e. The lowest BCUT2D eigenvalue weighted by Gasteiger charge is -2.13. The molecule has 0 bridgehead atoms. The van der Waals surface area contributed by atoms with Gasteiger partial charge in [-0.15, -0.1) is 0 Å². The first kappa shape index (κ1) is 12.1. The Morgan fingerprint density at radius 2 is 1.75 bits per heavy atom. The van der Waals surface area contributed by atoms with Gasteiger partial charge in [0.1, 0.15) is 11.8 Å². The van der Waals surface area contributed by atoms with E-state index in [1.165, 1.54) is 11.1 Å². The van der Waals surface area contributed by atoms with E-state index in [1.54, 1.807) is 36.4 Å². The van der Waals surface area contributed by atoms with Crippen LogP contribution in [-0.2, 0) is 6.54 Å². The van der Waals surface area contributed by atoms with Gasteiger partial charge < -0.3 is 0 Å². The molecule has 0 radical (unpaired) electrons. The smallest absolute Gasteiger partial charge is 0.261 e. The molecule has 0 aliphatic carbocycles. The van der Waals surface area contributed by atoms with Crippen molar-refractivity contribution < 1.29 is 9.59 Å². The van der Waals surface area contributed by atoms with Crippen molar-refractivity contribution in [3.63, 3.8) is 0 Å². The molecule has 5 nitrogen and oxygen atoms in total. The summed E-state index contributed by atoms with van der Waals surface area (Å²) in [4.78, 5) is 29.4. The van der Waals surface area contributed by atoms with Crippen LogP contribution in [-0.4, -0.2) is 21.7 Å². The van der Waals surface area contributed by atoms with Crippen LogP contribution in [0.1, 0.15) is 32.0 Å². The molecule has 5 heteroatoms. The second kappa shape index (κ2) is 4.59. The summed E-state index contributed by atoms with van der Waals surface area (Å²) in [6.07, 6.45) is 1.49. The number of nitriles is 1. The van der Waals surface area contributed by atoms with Gasteiger partial charge in [-0.3, -0.25) is 14.5 Å². The number of hydrogen-bond acceptors (Lipinski definition) is 4. The highest BCUT2D eigenvalue weighted by molar-refractivity contribution is 6.21. The highest BCUT2D eigenvalue weighted by Gasteiger charge is 2.34. The van der Waals surface area contributed by atoms with Crippen molar-refractivity contribution in [2.75, 3.05) is 0 Å². The average Bonchev–Trinajstić information content (AvgIpc) is 2.73. The number of imide groups is 1. The summed E-state index contributed by atoms with van der Waals surface area (Å²) in [6, 6.07) is 11.9. The molecule has 3 rings (SSSR count). The highest BCUT2D eigenvalue weighted by atomic mass is 16.2. The molecule has 0 saturated carbocycles. The monoisotopic (exact) mass is 263 g/mol. The van der Waals surface area contributed by atoms with Crippen LogP contribution in [0.15, 0.2) is 42.6 Å². The number of fused-ring (bicyclic) bond motifs is 1. The van der Waals surface area contributed by atoms with E-state index in [1.807, 2.05) is 6.07 Å². The van der Waals surface area contributed by atoms with E-state index < -0.39 is 0 Å². The third kappa shape index (κ3) is 1.84. The molecule has 1 aliphatic rings. The average molecular weight is 263 g/mol. The molecule has 2 amide bonds. The van der Waals surface area contributed by atoms with E-state index in [4.69, 9.17) is 5.26 Å². The predicted molar refractivity (Wildman–Crippen MR) is 69.6 cm³/mol. The number of pyridine rings is 1. The summed E-state index contributed by atoms with van der Waals surface area (Å²) >= 11 is 0. The summed E-state index contributed by atoms with van der Waals surface area (Å²) in [7, 11) is 0. The van der Waals surface area contributed by atoms with Crippen LogP contribution in [0.4, 0.5) is 0 Å². The van der Waals surface area contributed by atoms with E-state index in [0.717, 1.165) is 0 Å². The van der Waals surface area contributed by atoms with Gasteiger partial charge in [0.2, 0.25) is 0 Å². The summed E-state index contributed by atoms with van der Waals surface area (Å²) < 4.78 is 0. The fourth-order valence-corrected chi connectivity index (χ4v) is 2.20. The van der Waals surface area contributed by atoms with Crippen LogP contribution >= 0.6 is 0 Å². The lowest BCUT2D eigenvalue weighted by molar-refractivity contribution is 0.0642. The summed E-state index contributed by atoms with van der Waals surface area (Å²) in [5.41, 5.74) is 1.81. The van der Waals surface area contributed by atoms with Crippen molar-refractivity contribution in [2.45, 2.75) is 6.54 Å². The Bertz CT molecular complexity index is 727. The Labute approximate surface area is 115 Å². The van der Waals surface area contributed by atoms with Crippen molar-refractivity contribution in [3.05, 3.63) is 65.0 Å². The molecule has 1 aromatic carbocycles. The van der Waals surface area contributed by atoms with Crippen LogP contribution in [0.25, 0.3) is 0 Å². The molecule has 2 heterocycles. The van der Waals surface area contributed by atoms with Gasteiger partial charge in [-0.2, -0.15) is 5.26 Å². The molecule has 1 aliphatic heterocycles.